The van der Waals surface area contributed by atoms with Gasteiger partial charge in [0.15, 0.2) is 5.82 Å². The number of aromatic nitrogens is 4. The molecule has 1 aliphatic heterocycles. The van der Waals surface area contributed by atoms with Crippen LogP contribution in [0.5, 0.6) is 0 Å². The summed E-state index contributed by atoms with van der Waals surface area (Å²) in [5, 5.41) is 7.80. The third-order valence-electron chi connectivity index (χ3n) is 5.98. The lowest BCUT2D eigenvalue weighted by atomic mass is 9.88. The van der Waals surface area contributed by atoms with Crippen LogP contribution in [0.2, 0.25) is 0 Å². The number of anilines is 1. The number of aryl methyl sites for hydroxylation is 2. The lowest BCUT2D eigenvalue weighted by molar-refractivity contribution is -0.126. The molecule has 150 valence electrons. The third kappa shape index (κ3) is 4.18. The van der Waals surface area contributed by atoms with Crippen LogP contribution in [0, 0.1) is 19.8 Å². The summed E-state index contributed by atoms with van der Waals surface area (Å²) in [5.41, 5.74) is 2.02. The second-order valence-corrected chi connectivity index (χ2v) is 8.18. The highest BCUT2D eigenvalue weighted by Crippen LogP contribution is 2.25. The molecule has 0 aromatic carbocycles. The van der Waals surface area contributed by atoms with Crippen molar-refractivity contribution in [3.8, 4) is 5.82 Å². The predicted molar refractivity (Wildman–Crippen MR) is 109 cm³/mol. The fraction of sp³-hybridized carbons (Fsp3) is 0.619. The van der Waals surface area contributed by atoms with Gasteiger partial charge < -0.3 is 10.2 Å². The molecule has 7 nitrogen and oxygen atoms in total. The average molecular weight is 383 g/mol. The minimum Gasteiger partial charge on any atom is -0.355 e. The Morgan fingerprint density at radius 3 is 2.43 bits per heavy atom. The summed E-state index contributed by atoms with van der Waals surface area (Å²) in [6.07, 6.45) is 11.2. The first-order valence-corrected chi connectivity index (χ1v) is 10.5. The molecule has 7 heteroatoms. The van der Waals surface area contributed by atoms with Crippen LogP contribution in [0.4, 0.5) is 5.82 Å². The summed E-state index contributed by atoms with van der Waals surface area (Å²) in [5.74, 6) is 2.12. The van der Waals surface area contributed by atoms with Crippen LogP contribution in [0.25, 0.3) is 5.82 Å². The topological polar surface area (TPSA) is 75.9 Å². The molecule has 0 unspecified atom stereocenters. The van der Waals surface area contributed by atoms with Crippen molar-refractivity contribution in [2.45, 2.75) is 64.8 Å². The van der Waals surface area contributed by atoms with E-state index in [1.165, 1.54) is 19.3 Å². The van der Waals surface area contributed by atoms with Crippen molar-refractivity contribution in [2.24, 2.45) is 5.92 Å². The van der Waals surface area contributed by atoms with Crippen molar-refractivity contribution in [1.29, 1.82) is 0 Å². The van der Waals surface area contributed by atoms with Crippen molar-refractivity contribution in [3.05, 3.63) is 29.8 Å². The highest BCUT2D eigenvalue weighted by Gasteiger charge is 2.26. The van der Waals surface area contributed by atoms with E-state index in [9.17, 15) is 4.79 Å². The zero-order valence-electron chi connectivity index (χ0n) is 16.9. The third-order valence-corrected chi connectivity index (χ3v) is 5.98. The minimum atomic E-state index is 0.232. The molecule has 0 radical (unpaired) electrons. The quantitative estimate of drug-likeness (QED) is 0.880. The van der Waals surface area contributed by atoms with Crippen LogP contribution >= 0.6 is 0 Å². The molecule has 0 spiro atoms. The average Bonchev–Trinajstić information content (AvgIpc) is 3.07. The number of hydrogen-bond acceptors (Lipinski definition) is 5. The first kappa shape index (κ1) is 18.9. The van der Waals surface area contributed by atoms with Crippen molar-refractivity contribution >= 4 is 11.7 Å². The molecule has 0 bridgehead atoms. The number of hydrogen-bond donors (Lipinski definition) is 1. The number of carbonyl (C=O) groups is 1. The Balaban J connectivity index is 1.35. The van der Waals surface area contributed by atoms with Gasteiger partial charge in [-0.1, -0.05) is 19.3 Å². The maximum absolute atomic E-state index is 12.5. The molecule has 4 rings (SSSR count). The van der Waals surface area contributed by atoms with Gasteiger partial charge in [-0.2, -0.15) is 5.10 Å². The second kappa shape index (κ2) is 8.29. The number of piperidine rings is 1. The zero-order chi connectivity index (χ0) is 19.5. The molecule has 28 heavy (non-hydrogen) atoms. The highest BCUT2D eigenvalue weighted by atomic mass is 16.1. The second-order valence-electron chi connectivity index (χ2n) is 8.18. The first-order chi connectivity index (χ1) is 13.6. The lowest BCUT2D eigenvalue weighted by Crippen LogP contribution is -2.46. The zero-order valence-corrected chi connectivity index (χ0v) is 16.9. The number of amides is 1. The van der Waals surface area contributed by atoms with Crippen LogP contribution in [0.15, 0.2) is 18.5 Å². The van der Waals surface area contributed by atoms with Crippen molar-refractivity contribution in [2.75, 3.05) is 18.0 Å². The standard InChI is InChI=1S/C21H30N6O/c1-15-12-16(2)27(25-15)20-14-22-13-19(24-20)26-10-8-18(9-11-26)23-21(28)17-6-4-3-5-7-17/h12-14,17-18H,3-11H2,1-2H3,(H,23,28). The summed E-state index contributed by atoms with van der Waals surface area (Å²) in [6, 6.07) is 2.31. The Kier molecular flexibility index (Phi) is 5.59. The fourth-order valence-electron chi connectivity index (χ4n) is 4.40. The van der Waals surface area contributed by atoms with Gasteiger partial charge in [-0.25, -0.2) is 9.67 Å². The van der Waals surface area contributed by atoms with Gasteiger partial charge in [0.25, 0.3) is 0 Å². The Bertz CT molecular complexity index is 818. The maximum Gasteiger partial charge on any atom is 0.223 e. The smallest absolute Gasteiger partial charge is 0.223 e. The summed E-state index contributed by atoms with van der Waals surface area (Å²) in [6.45, 7) is 5.76. The molecule has 2 aromatic heterocycles. The molecule has 1 amide bonds. The molecule has 3 heterocycles. The molecule has 1 N–H and O–H groups in total. The van der Waals surface area contributed by atoms with Gasteiger partial charge in [-0.05, 0) is 45.6 Å². The molecule has 1 saturated carbocycles. The van der Waals surface area contributed by atoms with Crippen molar-refractivity contribution in [1.82, 2.24) is 25.1 Å². The SMILES string of the molecule is Cc1cc(C)n(-c2cncc(N3CCC(NC(=O)C4CCCCC4)CC3)n2)n1. The number of rotatable bonds is 4. The summed E-state index contributed by atoms with van der Waals surface area (Å²) in [4.78, 5) is 23.9. The van der Waals surface area contributed by atoms with Gasteiger partial charge in [-0.3, -0.25) is 9.78 Å². The Hall–Kier alpha value is -2.44. The number of nitrogens with zero attached hydrogens (tertiary/aromatic N) is 5. The summed E-state index contributed by atoms with van der Waals surface area (Å²) >= 11 is 0. The Morgan fingerprint density at radius 1 is 1.04 bits per heavy atom. The first-order valence-electron chi connectivity index (χ1n) is 10.5. The van der Waals surface area contributed by atoms with E-state index in [2.05, 4.69) is 20.3 Å². The molecule has 0 atom stereocenters. The fourth-order valence-corrected chi connectivity index (χ4v) is 4.40. The maximum atomic E-state index is 12.5. The van der Waals surface area contributed by atoms with Gasteiger partial charge in [0.2, 0.25) is 5.91 Å². The van der Waals surface area contributed by atoms with Crippen molar-refractivity contribution in [3.63, 3.8) is 0 Å². The van der Waals surface area contributed by atoms with Crippen molar-refractivity contribution < 1.29 is 4.79 Å². The molecular formula is C21H30N6O. The van der Waals surface area contributed by atoms with E-state index in [1.54, 1.807) is 6.20 Å². The van der Waals surface area contributed by atoms with Gasteiger partial charge in [0.05, 0.1) is 18.1 Å². The van der Waals surface area contributed by atoms with Gasteiger partial charge in [0, 0.05) is 30.7 Å². The van der Waals surface area contributed by atoms with Crippen LogP contribution in [0.3, 0.4) is 0 Å². The largest absolute Gasteiger partial charge is 0.355 e. The highest BCUT2D eigenvalue weighted by molar-refractivity contribution is 5.79. The predicted octanol–water partition coefficient (Wildman–Crippen LogP) is 2.94. The molecule has 1 aliphatic carbocycles. The monoisotopic (exact) mass is 382 g/mol. The number of carbonyl (C=O) groups excluding carboxylic acids is 1. The molecular weight excluding hydrogens is 352 g/mol. The van der Waals surface area contributed by atoms with Gasteiger partial charge in [-0.15, -0.1) is 0 Å². The minimum absolute atomic E-state index is 0.232. The number of nitrogens with one attached hydrogen (secondary N) is 1. The lowest BCUT2D eigenvalue weighted by Gasteiger charge is -2.34. The van der Waals surface area contributed by atoms with E-state index < -0.39 is 0 Å². The van der Waals surface area contributed by atoms with Gasteiger partial charge in [0.1, 0.15) is 5.82 Å². The van der Waals surface area contributed by atoms with E-state index in [4.69, 9.17) is 4.98 Å². The molecule has 1 saturated heterocycles. The van der Waals surface area contributed by atoms with Crippen LogP contribution in [0.1, 0.15) is 56.3 Å². The molecule has 2 aromatic rings. The Labute approximate surface area is 166 Å². The van der Waals surface area contributed by atoms with Crippen LogP contribution in [-0.4, -0.2) is 44.8 Å². The summed E-state index contributed by atoms with van der Waals surface area (Å²) < 4.78 is 1.84. The normalized spacial score (nSPS) is 19.0. The van der Waals surface area contributed by atoms with E-state index in [1.807, 2.05) is 30.8 Å². The molecule has 2 fully saturated rings. The van der Waals surface area contributed by atoms with E-state index in [0.29, 0.717) is 0 Å². The van der Waals surface area contributed by atoms with E-state index in [0.717, 1.165) is 61.8 Å². The van der Waals surface area contributed by atoms with Crippen LogP contribution in [-0.2, 0) is 4.79 Å². The molecule has 2 aliphatic rings. The van der Waals surface area contributed by atoms with Gasteiger partial charge >= 0.3 is 0 Å². The van der Waals surface area contributed by atoms with E-state index in [-0.39, 0.29) is 17.9 Å². The van der Waals surface area contributed by atoms with Crippen LogP contribution < -0.4 is 10.2 Å². The van der Waals surface area contributed by atoms with E-state index >= 15 is 0 Å². The summed E-state index contributed by atoms with van der Waals surface area (Å²) in [7, 11) is 0. The Morgan fingerprint density at radius 2 is 1.75 bits per heavy atom.